The van der Waals surface area contributed by atoms with Gasteiger partial charge in [0.05, 0.1) is 0 Å². The zero-order chi connectivity index (χ0) is 20.2. The highest BCUT2D eigenvalue weighted by Crippen LogP contribution is 3.02. The first-order valence-corrected chi connectivity index (χ1v) is 11.9. The summed E-state index contributed by atoms with van der Waals surface area (Å²) in [5.41, 5.74) is 0.309. The average Bonchev–Trinajstić information content (AvgIpc) is 3.03. The second-order valence-corrected chi connectivity index (χ2v) is 11.0. The van der Waals surface area contributed by atoms with Crippen LogP contribution < -0.4 is 0 Å². The van der Waals surface area contributed by atoms with Gasteiger partial charge >= 0.3 is 10.2 Å². The minimum atomic E-state index is -9.66. The molecule has 0 spiro atoms. The summed E-state index contributed by atoms with van der Waals surface area (Å²) in [6, 6.07) is 2.81. The molecule has 0 amide bonds. The van der Waals surface area contributed by atoms with Gasteiger partial charge in [0.1, 0.15) is 4.90 Å². The van der Waals surface area contributed by atoms with E-state index in [1.807, 2.05) is 0 Å². The molecular formula is C17H21F5N4S2. The Morgan fingerprint density at radius 3 is 2.29 bits per heavy atom. The number of fused-ring (bicyclic) bond motifs is 1. The molecule has 156 valence electrons. The van der Waals surface area contributed by atoms with Crippen molar-refractivity contribution in [2.75, 3.05) is 25.4 Å². The van der Waals surface area contributed by atoms with Crippen molar-refractivity contribution in [2.24, 2.45) is 18.9 Å². The van der Waals surface area contributed by atoms with Crippen LogP contribution in [-0.4, -0.2) is 45.1 Å². The molecule has 1 saturated heterocycles. The largest absolute Gasteiger partial charge is 0.310 e. The molecule has 2 aliphatic rings. The van der Waals surface area contributed by atoms with Gasteiger partial charge in [0, 0.05) is 31.5 Å². The number of piperidine rings is 1. The highest BCUT2D eigenvalue weighted by atomic mass is 32.5. The van der Waals surface area contributed by atoms with Gasteiger partial charge in [-0.25, -0.2) is 0 Å². The van der Waals surface area contributed by atoms with Gasteiger partial charge in [0.2, 0.25) is 0 Å². The molecule has 0 bridgehead atoms. The second-order valence-electron chi connectivity index (χ2n) is 7.58. The van der Waals surface area contributed by atoms with E-state index in [0.717, 1.165) is 42.7 Å². The standard InChI is InChI=1S/C17H21F5N4S2/c1-25-16(12-3-5-15(6-4-12)28(18,19,20,21)22)23-24-17(25)27-8-2-7-26-10-13-9-14(13)11-26/h3-6,13-14H,2,7-11H2,1H3. The third kappa shape index (κ3) is 4.30. The summed E-state index contributed by atoms with van der Waals surface area (Å²) in [7, 11) is -7.95. The molecule has 28 heavy (non-hydrogen) atoms. The molecule has 1 aromatic heterocycles. The smallest absolute Gasteiger partial charge is 0.305 e. The lowest BCUT2D eigenvalue weighted by Gasteiger charge is -2.40. The Morgan fingerprint density at radius 1 is 1.04 bits per heavy atom. The molecule has 0 N–H and O–H groups in total. The first-order chi connectivity index (χ1) is 12.9. The number of halogens is 5. The van der Waals surface area contributed by atoms with Gasteiger partial charge in [-0.1, -0.05) is 31.2 Å². The SMILES string of the molecule is Cn1c(SCCCN2CC3CC3C2)nnc1-c1ccc(S(F)(F)(F)(F)F)cc1. The molecule has 1 saturated carbocycles. The maximum atomic E-state index is 12.8. The van der Waals surface area contributed by atoms with Crippen molar-refractivity contribution >= 4 is 22.0 Å². The van der Waals surface area contributed by atoms with Crippen LogP contribution in [0.3, 0.4) is 0 Å². The van der Waals surface area contributed by atoms with E-state index in [9.17, 15) is 19.4 Å². The van der Waals surface area contributed by atoms with Gasteiger partial charge in [0.25, 0.3) is 0 Å². The van der Waals surface area contributed by atoms with Gasteiger partial charge in [-0.05, 0) is 55.5 Å². The lowest BCUT2D eigenvalue weighted by molar-refractivity contribution is 0.306. The summed E-state index contributed by atoms with van der Waals surface area (Å²) >= 11 is 1.53. The van der Waals surface area contributed by atoms with Gasteiger partial charge in [-0.2, -0.15) is 0 Å². The van der Waals surface area contributed by atoms with Crippen LogP contribution >= 0.6 is 22.0 Å². The zero-order valence-corrected chi connectivity index (χ0v) is 16.8. The summed E-state index contributed by atoms with van der Waals surface area (Å²) in [5, 5.41) is 8.73. The fourth-order valence-electron chi connectivity index (χ4n) is 3.68. The summed E-state index contributed by atoms with van der Waals surface area (Å²) in [6.07, 6.45) is 2.40. The van der Waals surface area contributed by atoms with E-state index in [-0.39, 0.29) is 0 Å². The maximum absolute atomic E-state index is 12.8. The van der Waals surface area contributed by atoms with Gasteiger partial charge in [-0.15, -0.1) is 10.2 Å². The van der Waals surface area contributed by atoms with Crippen molar-refractivity contribution in [3.05, 3.63) is 24.3 Å². The summed E-state index contributed by atoms with van der Waals surface area (Å²) < 4.78 is 65.8. The molecular weight excluding hydrogens is 419 g/mol. The van der Waals surface area contributed by atoms with Crippen LogP contribution in [0.4, 0.5) is 19.4 Å². The van der Waals surface area contributed by atoms with Crippen molar-refractivity contribution in [3.8, 4) is 11.4 Å². The van der Waals surface area contributed by atoms with Crippen LogP contribution in [0.1, 0.15) is 12.8 Å². The van der Waals surface area contributed by atoms with E-state index in [2.05, 4.69) is 15.1 Å². The molecule has 1 aliphatic heterocycles. The van der Waals surface area contributed by atoms with Crippen molar-refractivity contribution in [2.45, 2.75) is 22.9 Å². The van der Waals surface area contributed by atoms with E-state index in [4.69, 9.17) is 0 Å². The Morgan fingerprint density at radius 2 is 1.68 bits per heavy atom. The Kier molecular flexibility index (Phi) is 4.34. The van der Waals surface area contributed by atoms with Crippen LogP contribution in [0.15, 0.2) is 34.3 Å². The fraction of sp³-hybridized carbons (Fsp3) is 0.529. The van der Waals surface area contributed by atoms with Crippen LogP contribution in [-0.2, 0) is 7.05 Å². The maximum Gasteiger partial charge on any atom is 0.310 e. The molecule has 4 rings (SSSR count). The van der Waals surface area contributed by atoms with Crippen molar-refractivity contribution in [3.63, 3.8) is 0 Å². The third-order valence-corrected chi connectivity index (χ3v) is 7.57. The lowest BCUT2D eigenvalue weighted by Crippen LogP contribution is -2.24. The number of benzene rings is 1. The van der Waals surface area contributed by atoms with Crippen LogP contribution in [0, 0.1) is 11.8 Å². The number of nitrogens with zero attached hydrogens (tertiary/aromatic N) is 4. The van der Waals surface area contributed by atoms with Crippen molar-refractivity contribution in [1.29, 1.82) is 0 Å². The Balaban J connectivity index is 1.36. The molecule has 2 heterocycles. The summed E-state index contributed by atoms with van der Waals surface area (Å²) in [4.78, 5) is 0.585. The highest BCUT2D eigenvalue weighted by molar-refractivity contribution is 8.45. The molecule has 1 aromatic carbocycles. The molecule has 2 atom stereocenters. The van der Waals surface area contributed by atoms with E-state index in [1.54, 1.807) is 11.6 Å². The topological polar surface area (TPSA) is 34.0 Å². The Labute approximate surface area is 164 Å². The third-order valence-electron chi connectivity index (χ3n) is 5.30. The van der Waals surface area contributed by atoms with Gasteiger partial charge < -0.3 is 9.47 Å². The quantitative estimate of drug-likeness (QED) is 0.320. The number of hydrogen-bond acceptors (Lipinski definition) is 4. The highest BCUT2D eigenvalue weighted by Gasteiger charge is 2.65. The Bertz CT molecular complexity index is 872. The van der Waals surface area contributed by atoms with E-state index in [1.165, 1.54) is 31.3 Å². The molecule has 11 heteroatoms. The Hall–Kier alpha value is -1.33. The summed E-state index contributed by atoms with van der Waals surface area (Å²) in [6.45, 7) is 3.47. The van der Waals surface area contributed by atoms with Crippen molar-refractivity contribution < 1.29 is 19.4 Å². The number of aromatic nitrogens is 3. The number of thioether (sulfide) groups is 1. The molecule has 0 radical (unpaired) electrons. The number of rotatable bonds is 7. The van der Waals surface area contributed by atoms with E-state index in [0.29, 0.717) is 28.7 Å². The fourth-order valence-corrected chi connectivity index (χ4v) is 5.17. The van der Waals surface area contributed by atoms with Crippen LogP contribution in [0.2, 0.25) is 0 Å². The first-order valence-electron chi connectivity index (χ1n) is 9.00. The van der Waals surface area contributed by atoms with Crippen LogP contribution in [0.5, 0.6) is 0 Å². The number of hydrogen-bond donors (Lipinski definition) is 0. The normalized spacial score (nSPS) is 24.6. The first kappa shape index (κ1) is 20.0. The average molecular weight is 441 g/mol. The van der Waals surface area contributed by atoms with E-state index >= 15 is 0 Å². The number of likely N-dealkylation sites (tertiary alicyclic amines) is 1. The minimum Gasteiger partial charge on any atom is -0.305 e. The zero-order valence-electron chi connectivity index (χ0n) is 15.2. The molecule has 2 unspecified atom stereocenters. The molecule has 2 aromatic rings. The predicted molar refractivity (Wildman–Crippen MR) is 101 cm³/mol. The van der Waals surface area contributed by atoms with Gasteiger partial charge in [0.15, 0.2) is 11.0 Å². The molecule has 1 aliphatic carbocycles. The van der Waals surface area contributed by atoms with Crippen LogP contribution in [0.25, 0.3) is 11.4 Å². The monoisotopic (exact) mass is 440 g/mol. The van der Waals surface area contributed by atoms with E-state index < -0.39 is 15.1 Å². The lowest BCUT2D eigenvalue weighted by atomic mass is 10.2. The minimum absolute atomic E-state index is 0.309. The van der Waals surface area contributed by atoms with Gasteiger partial charge in [-0.3, -0.25) is 0 Å². The summed E-state index contributed by atoms with van der Waals surface area (Å²) in [5.74, 6) is 3.04. The van der Waals surface area contributed by atoms with Crippen molar-refractivity contribution in [1.82, 2.24) is 19.7 Å². The molecule has 2 fully saturated rings. The molecule has 4 nitrogen and oxygen atoms in total. The second kappa shape index (κ2) is 6.09. The predicted octanol–water partition coefficient (Wildman–Crippen LogP) is 5.57.